The summed E-state index contributed by atoms with van der Waals surface area (Å²) in [6.45, 7) is 4.55. The molecule has 2 fully saturated rings. The molecular weight excluding hydrogens is 482 g/mol. The number of hydrogen-bond donors (Lipinski definition) is 3. The Morgan fingerprint density at radius 1 is 1.22 bits per heavy atom. The molecule has 1 aromatic carbocycles. The zero-order valence-electron chi connectivity index (χ0n) is 20.5. The molecule has 1 saturated carbocycles. The van der Waals surface area contributed by atoms with Gasteiger partial charge in [0, 0.05) is 18.8 Å². The van der Waals surface area contributed by atoms with E-state index >= 15 is 0 Å². The van der Waals surface area contributed by atoms with E-state index in [1.54, 1.807) is 11.7 Å². The van der Waals surface area contributed by atoms with Gasteiger partial charge in [0.05, 0.1) is 18.2 Å². The zero-order chi connectivity index (χ0) is 24.7. The van der Waals surface area contributed by atoms with Gasteiger partial charge in [-0.25, -0.2) is 4.98 Å². The number of aryl methyl sites for hydroxylation is 1. The number of aromatic nitrogens is 3. The number of rotatable bonds is 7. The maximum atomic E-state index is 12.8. The van der Waals surface area contributed by atoms with E-state index in [1.165, 1.54) is 24.6 Å². The van der Waals surface area contributed by atoms with Crippen LogP contribution in [0.1, 0.15) is 54.4 Å². The summed E-state index contributed by atoms with van der Waals surface area (Å²) in [7, 11) is 1.64. The molecule has 0 atom stereocenters. The van der Waals surface area contributed by atoms with Crippen LogP contribution in [0.15, 0.2) is 29.2 Å². The van der Waals surface area contributed by atoms with Crippen LogP contribution in [0.25, 0.3) is 11.0 Å². The second kappa shape index (κ2) is 10.3. The predicted octanol–water partition coefficient (Wildman–Crippen LogP) is 3.01. The van der Waals surface area contributed by atoms with E-state index in [4.69, 9.17) is 16.2 Å². The van der Waals surface area contributed by atoms with E-state index in [2.05, 4.69) is 32.3 Å². The van der Waals surface area contributed by atoms with Gasteiger partial charge in [0.2, 0.25) is 11.4 Å². The Morgan fingerprint density at radius 2 is 1.94 bits per heavy atom. The van der Waals surface area contributed by atoms with Crippen LogP contribution in [-0.2, 0) is 6.54 Å². The summed E-state index contributed by atoms with van der Waals surface area (Å²) in [5.74, 6) is 0.631. The number of hydrogen-bond acceptors (Lipinski definition) is 8. The Bertz CT molecular complexity index is 1350. The van der Waals surface area contributed by atoms with Gasteiger partial charge in [-0.2, -0.15) is 4.98 Å². The summed E-state index contributed by atoms with van der Waals surface area (Å²) in [5.41, 5.74) is 13.0. The molecule has 3 aromatic rings. The maximum Gasteiger partial charge on any atom is 0.256 e. The summed E-state index contributed by atoms with van der Waals surface area (Å²) in [6, 6.07) is 7.01. The minimum atomic E-state index is -0.873. The predicted molar refractivity (Wildman–Crippen MR) is 142 cm³/mol. The monoisotopic (exact) mass is 513 g/mol. The molecule has 11 heteroatoms. The van der Waals surface area contributed by atoms with Gasteiger partial charge < -0.3 is 31.0 Å². The highest BCUT2D eigenvalue weighted by molar-refractivity contribution is 6.00. The van der Waals surface area contributed by atoms with Crippen LogP contribution in [0.2, 0.25) is 0 Å². The summed E-state index contributed by atoms with van der Waals surface area (Å²) < 4.78 is 7.26. The number of amides is 1. The molecule has 2 aliphatic rings. The van der Waals surface area contributed by atoms with E-state index in [9.17, 15) is 9.59 Å². The molecule has 5 rings (SSSR count). The second-order valence-corrected chi connectivity index (χ2v) is 9.25. The number of primary amides is 1. The number of methoxy groups -OCH3 is 1. The molecule has 2 aromatic heterocycles. The van der Waals surface area contributed by atoms with Crippen LogP contribution < -0.4 is 26.9 Å². The quantitative estimate of drug-likeness (QED) is 0.437. The fraction of sp³-hybridized carbons (Fsp3) is 0.440. The molecule has 10 nitrogen and oxygen atoms in total. The van der Waals surface area contributed by atoms with Gasteiger partial charge in [-0.05, 0) is 69.3 Å². The second-order valence-electron chi connectivity index (χ2n) is 9.25. The number of nitrogens with two attached hydrogens (primary N) is 2. The summed E-state index contributed by atoms with van der Waals surface area (Å²) >= 11 is 0. The highest BCUT2D eigenvalue weighted by Gasteiger charge is 2.32. The molecule has 1 amide bonds. The molecular formula is C25H32ClN7O3. The maximum absolute atomic E-state index is 12.8. The number of pyridine rings is 1. The number of anilines is 3. The summed E-state index contributed by atoms with van der Waals surface area (Å²) in [5, 5.41) is 3.38. The van der Waals surface area contributed by atoms with Crippen LogP contribution in [0, 0.1) is 0 Å². The zero-order valence-corrected chi connectivity index (χ0v) is 21.3. The first-order chi connectivity index (χ1) is 16.9. The molecule has 1 saturated heterocycles. The van der Waals surface area contributed by atoms with Crippen molar-refractivity contribution in [3.63, 3.8) is 0 Å². The average Bonchev–Trinajstić information content (AvgIpc) is 3.70. The smallest absolute Gasteiger partial charge is 0.256 e. The highest BCUT2D eigenvalue weighted by atomic mass is 35.5. The van der Waals surface area contributed by atoms with E-state index in [0.717, 1.165) is 37.7 Å². The van der Waals surface area contributed by atoms with Crippen molar-refractivity contribution in [3.8, 4) is 5.75 Å². The highest BCUT2D eigenvalue weighted by Crippen LogP contribution is 2.37. The lowest BCUT2D eigenvalue weighted by molar-refractivity contribution is 0.1000. The Labute approximate surface area is 215 Å². The number of nitrogens with one attached hydrogen (secondary N) is 1. The van der Waals surface area contributed by atoms with Gasteiger partial charge in [0.15, 0.2) is 5.65 Å². The molecule has 0 unspecified atom stereocenters. The number of ether oxygens (including phenoxy) is 1. The lowest BCUT2D eigenvalue weighted by atomic mass is 9.89. The van der Waals surface area contributed by atoms with Crippen molar-refractivity contribution in [2.75, 3.05) is 31.2 Å². The van der Waals surface area contributed by atoms with Crippen molar-refractivity contribution in [1.29, 1.82) is 0 Å². The molecule has 1 aliphatic carbocycles. The standard InChI is InChI=1S/C25H31N7O3.ClH/c1-3-32-22(26)20(23(27)34)21(33)17-13-28-25(30-24(17)32)29-18-7-4-15(12-19(18)35-2)14-8-10-31(11-9-14)16-5-6-16;/h4,7,12-14,16H,3,5-6,8-11,26H2,1-2H3,(H2,27,34)(H,28,29,30);1H. The number of benzene rings is 1. The lowest BCUT2D eigenvalue weighted by Gasteiger charge is -2.32. The number of halogens is 1. The summed E-state index contributed by atoms with van der Waals surface area (Å²) in [4.78, 5) is 36.0. The van der Waals surface area contributed by atoms with Gasteiger partial charge in [-0.3, -0.25) is 9.59 Å². The van der Waals surface area contributed by atoms with Gasteiger partial charge >= 0.3 is 0 Å². The Kier molecular flexibility index (Phi) is 7.37. The van der Waals surface area contributed by atoms with Crippen molar-refractivity contribution < 1.29 is 9.53 Å². The molecule has 36 heavy (non-hydrogen) atoms. The number of piperidine rings is 1. The number of carbonyl (C=O) groups is 1. The molecule has 0 spiro atoms. The van der Waals surface area contributed by atoms with E-state index in [1.807, 2.05) is 13.0 Å². The molecule has 3 heterocycles. The van der Waals surface area contributed by atoms with E-state index < -0.39 is 11.3 Å². The Morgan fingerprint density at radius 3 is 2.56 bits per heavy atom. The van der Waals surface area contributed by atoms with Crippen LogP contribution in [0.5, 0.6) is 5.75 Å². The SMILES string of the molecule is CCn1c(N)c(C(N)=O)c(=O)c2cnc(Nc3ccc(C4CCN(C5CC5)CC4)cc3OC)nc21.Cl. The summed E-state index contributed by atoms with van der Waals surface area (Å²) in [6.07, 6.45) is 6.40. The number of likely N-dealkylation sites (tertiary alicyclic amines) is 1. The third kappa shape index (κ3) is 4.70. The van der Waals surface area contributed by atoms with Crippen LogP contribution >= 0.6 is 12.4 Å². The topological polar surface area (TPSA) is 141 Å². The first-order valence-corrected chi connectivity index (χ1v) is 12.1. The van der Waals surface area contributed by atoms with E-state index in [-0.39, 0.29) is 35.1 Å². The van der Waals surface area contributed by atoms with Crippen molar-refractivity contribution >= 4 is 46.8 Å². The van der Waals surface area contributed by atoms with Crippen molar-refractivity contribution in [2.45, 2.75) is 51.1 Å². The van der Waals surface area contributed by atoms with E-state index in [0.29, 0.717) is 23.9 Å². The number of nitrogens with zero attached hydrogens (tertiary/aromatic N) is 4. The van der Waals surface area contributed by atoms with Gasteiger partial charge in [0.1, 0.15) is 17.1 Å². The van der Waals surface area contributed by atoms with Crippen molar-refractivity contribution in [2.24, 2.45) is 5.73 Å². The Balaban J connectivity index is 0.00000304. The first kappa shape index (κ1) is 25.7. The first-order valence-electron chi connectivity index (χ1n) is 12.1. The van der Waals surface area contributed by atoms with Crippen LogP contribution in [-0.4, -0.2) is 51.6 Å². The van der Waals surface area contributed by atoms with Crippen molar-refractivity contribution in [3.05, 3.63) is 45.7 Å². The largest absolute Gasteiger partial charge is 0.495 e. The normalized spacial score (nSPS) is 16.5. The molecule has 192 valence electrons. The van der Waals surface area contributed by atoms with Crippen LogP contribution in [0.4, 0.5) is 17.5 Å². The Hall–Kier alpha value is -3.37. The third-order valence-corrected chi connectivity index (χ3v) is 7.14. The number of fused-ring (bicyclic) bond motifs is 1. The number of nitrogen functional groups attached to an aromatic ring is 1. The van der Waals surface area contributed by atoms with Gasteiger partial charge in [0.25, 0.3) is 5.91 Å². The lowest BCUT2D eigenvalue weighted by Crippen LogP contribution is -2.34. The van der Waals surface area contributed by atoms with Gasteiger partial charge in [-0.1, -0.05) is 6.07 Å². The minimum Gasteiger partial charge on any atom is -0.495 e. The van der Waals surface area contributed by atoms with Crippen molar-refractivity contribution in [1.82, 2.24) is 19.4 Å². The number of carbonyl (C=O) groups excluding carboxylic acids is 1. The minimum absolute atomic E-state index is 0. The average molecular weight is 514 g/mol. The third-order valence-electron chi connectivity index (χ3n) is 7.14. The van der Waals surface area contributed by atoms with Crippen LogP contribution in [0.3, 0.4) is 0 Å². The molecule has 0 radical (unpaired) electrons. The molecule has 1 aliphatic heterocycles. The fourth-order valence-electron chi connectivity index (χ4n) is 5.08. The molecule has 5 N–H and O–H groups in total. The molecule has 0 bridgehead atoms. The van der Waals surface area contributed by atoms with Gasteiger partial charge in [-0.15, -0.1) is 12.4 Å². The fourth-order valence-corrected chi connectivity index (χ4v) is 5.08.